The summed E-state index contributed by atoms with van der Waals surface area (Å²) in [6.07, 6.45) is 10.4. The first-order chi connectivity index (χ1) is 9.86. The van der Waals surface area contributed by atoms with Gasteiger partial charge in [0.05, 0.1) is 12.1 Å². The first kappa shape index (κ1) is 13.4. The summed E-state index contributed by atoms with van der Waals surface area (Å²) in [4.78, 5) is 4.50. The summed E-state index contributed by atoms with van der Waals surface area (Å²) in [5, 5.41) is 10.5. The Balaban J connectivity index is 1.91. The van der Waals surface area contributed by atoms with E-state index >= 15 is 0 Å². The molecule has 1 heterocycles. The number of benzene rings is 1. The van der Waals surface area contributed by atoms with Gasteiger partial charge in [-0.2, -0.15) is 0 Å². The molecule has 20 heavy (non-hydrogen) atoms. The third-order valence-corrected chi connectivity index (χ3v) is 4.25. The summed E-state index contributed by atoms with van der Waals surface area (Å²) >= 11 is 0. The fraction of sp³-hybridized carbons (Fsp3) is 0.471. The summed E-state index contributed by atoms with van der Waals surface area (Å²) in [5.74, 6) is 0.968. The van der Waals surface area contributed by atoms with Gasteiger partial charge in [-0.1, -0.05) is 56.0 Å². The number of imidazole rings is 1. The van der Waals surface area contributed by atoms with Crippen LogP contribution in [0.15, 0.2) is 42.7 Å². The molecule has 0 spiro atoms. The molecule has 0 aliphatic heterocycles. The summed E-state index contributed by atoms with van der Waals surface area (Å²) in [5.41, 5.74) is 1.12. The molecule has 1 fully saturated rings. The molecule has 1 saturated carbocycles. The van der Waals surface area contributed by atoms with E-state index in [1.54, 1.807) is 0 Å². The van der Waals surface area contributed by atoms with Crippen LogP contribution in [0, 0.1) is 0 Å². The maximum absolute atomic E-state index is 10.5. The van der Waals surface area contributed by atoms with Crippen LogP contribution in [-0.4, -0.2) is 20.8 Å². The van der Waals surface area contributed by atoms with E-state index in [9.17, 15) is 5.11 Å². The largest absolute Gasteiger partial charge is 0.391 e. The molecule has 2 unspecified atom stereocenters. The van der Waals surface area contributed by atoms with E-state index in [1.165, 1.54) is 19.3 Å². The average molecular weight is 270 g/mol. The predicted molar refractivity (Wildman–Crippen MR) is 80.4 cm³/mol. The van der Waals surface area contributed by atoms with E-state index in [0.29, 0.717) is 0 Å². The molecule has 0 radical (unpaired) electrons. The Kier molecular flexibility index (Phi) is 4.16. The van der Waals surface area contributed by atoms with Gasteiger partial charge in [0.1, 0.15) is 5.82 Å². The SMILES string of the molecule is OC1CCCCCCC1n1ccnc1-c1ccccc1. The molecule has 1 aliphatic rings. The van der Waals surface area contributed by atoms with Crippen LogP contribution in [0.4, 0.5) is 0 Å². The highest BCUT2D eigenvalue weighted by Gasteiger charge is 2.24. The van der Waals surface area contributed by atoms with Gasteiger partial charge in [0.15, 0.2) is 0 Å². The summed E-state index contributed by atoms with van der Waals surface area (Å²) in [7, 11) is 0. The molecule has 1 aliphatic carbocycles. The molecule has 1 aromatic heterocycles. The molecule has 2 atom stereocenters. The van der Waals surface area contributed by atoms with Gasteiger partial charge in [-0.25, -0.2) is 4.98 Å². The fourth-order valence-corrected chi connectivity index (χ4v) is 3.16. The topological polar surface area (TPSA) is 38.0 Å². The van der Waals surface area contributed by atoms with Gasteiger partial charge in [0, 0.05) is 18.0 Å². The molecule has 1 aromatic carbocycles. The van der Waals surface area contributed by atoms with Gasteiger partial charge in [-0.15, -0.1) is 0 Å². The number of aromatic nitrogens is 2. The molecule has 0 bridgehead atoms. The highest BCUT2D eigenvalue weighted by atomic mass is 16.3. The number of hydrogen-bond acceptors (Lipinski definition) is 2. The molecule has 0 amide bonds. The normalized spacial score (nSPS) is 24.1. The lowest BCUT2D eigenvalue weighted by Crippen LogP contribution is -2.25. The molecule has 3 nitrogen and oxygen atoms in total. The number of rotatable bonds is 2. The van der Waals surface area contributed by atoms with Crippen molar-refractivity contribution in [3.05, 3.63) is 42.7 Å². The Bertz CT molecular complexity index is 535. The average Bonchev–Trinajstić information content (AvgIpc) is 2.93. The molecule has 2 aromatic rings. The van der Waals surface area contributed by atoms with Crippen molar-refractivity contribution >= 4 is 0 Å². The van der Waals surface area contributed by atoms with E-state index in [0.717, 1.165) is 30.7 Å². The predicted octanol–water partition coefficient (Wildman–Crippen LogP) is 3.81. The zero-order chi connectivity index (χ0) is 13.8. The van der Waals surface area contributed by atoms with Crippen LogP contribution in [0.1, 0.15) is 44.6 Å². The Labute approximate surface area is 120 Å². The number of nitrogens with zero attached hydrogens (tertiary/aromatic N) is 2. The zero-order valence-corrected chi connectivity index (χ0v) is 11.8. The van der Waals surface area contributed by atoms with Crippen LogP contribution in [-0.2, 0) is 0 Å². The van der Waals surface area contributed by atoms with Gasteiger partial charge in [0.25, 0.3) is 0 Å². The van der Waals surface area contributed by atoms with Crippen LogP contribution in [0.25, 0.3) is 11.4 Å². The number of aliphatic hydroxyl groups is 1. The van der Waals surface area contributed by atoms with Crippen LogP contribution in [0.3, 0.4) is 0 Å². The van der Waals surface area contributed by atoms with E-state index in [2.05, 4.69) is 21.7 Å². The third-order valence-electron chi connectivity index (χ3n) is 4.25. The monoisotopic (exact) mass is 270 g/mol. The van der Waals surface area contributed by atoms with Gasteiger partial charge in [0.2, 0.25) is 0 Å². The second-order valence-electron chi connectivity index (χ2n) is 5.65. The number of hydrogen-bond donors (Lipinski definition) is 1. The van der Waals surface area contributed by atoms with Gasteiger partial charge >= 0.3 is 0 Å². The zero-order valence-electron chi connectivity index (χ0n) is 11.8. The minimum atomic E-state index is -0.257. The second kappa shape index (κ2) is 6.23. The van der Waals surface area contributed by atoms with Gasteiger partial charge in [-0.05, 0) is 12.8 Å². The highest BCUT2D eigenvalue weighted by molar-refractivity contribution is 5.55. The quantitative estimate of drug-likeness (QED) is 0.901. The van der Waals surface area contributed by atoms with E-state index in [-0.39, 0.29) is 12.1 Å². The highest BCUT2D eigenvalue weighted by Crippen LogP contribution is 2.30. The van der Waals surface area contributed by atoms with E-state index in [4.69, 9.17) is 0 Å². The molecular weight excluding hydrogens is 248 g/mol. The van der Waals surface area contributed by atoms with Crippen LogP contribution in [0.2, 0.25) is 0 Å². The Morgan fingerprint density at radius 3 is 2.55 bits per heavy atom. The Hall–Kier alpha value is -1.61. The second-order valence-corrected chi connectivity index (χ2v) is 5.65. The maximum Gasteiger partial charge on any atom is 0.140 e. The van der Waals surface area contributed by atoms with Crippen molar-refractivity contribution in [2.75, 3.05) is 0 Å². The molecule has 1 N–H and O–H groups in total. The summed E-state index contributed by atoms with van der Waals surface area (Å²) in [6, 6.07) is 10.4. The minimum absolute atomic E-state index is 0.160. The Morgan fingerprint density at radius 1 is 1.00 bits per heavy atom. The molecular formula is C17H22N2O. The molecule has 0 saturated heterocycles. The van der Waals surface area contributed by atoms with Crippen molar-refractivity contribution in [1.29, 1.82) is 0 Å². The standard InChI is InChI=1S/C17H22N2O/c20-16-11-7-2-1-6-10-15(16)19-13-12-18-17(19)14-8-4-3-5-9-14/h3-5,8-9,12-13,15-16,20H,1-2,6-7,10-11H2. The minimum Gasteiger partial charge on any atom is -0.391 e. The van der Waals surface area contributed by atoms with Crippen LogP contribution in [0.5, 0.6) is 0 Å². The Morgan fingerprint density at radius 2 is 1.75 bits per heavy atom. The van der Waals surface area contributed by atoms with Crippen molar-refractivity contribution in [1.82, 2.24) is 9.55 Å². The lowest BCUT2D eigenvalue weighted by atomic mass is 9.94. The van der Waals surface area contributed by atoms with Gasteiger partial charge in [-0.3, -0.25) is 0 Å². The van der Waals surface area contributed by atoms with Crippen molar-refractivity contribution in [3.63, 3.8) is 0 Å². The first-order valence-corrected chi connectivity index (χ1v) is 7.62. The van der Waals surface area contributed by atoms with E-state index in [1.807, 2.05) is 30.6 Å². The fourth-order valence-electron chi connectivity index (χ4n) is 3.16. The van der Waals surface area contributed by atoms with Crippen molar-refractivity contribution in [2.45, 2.75) is 50.7 Å². The van der Waals surface area contributed by atoms with Crippen molar-refractivity contribution in [2.24, 2.45) is 0 Å². The smallest absolute Gasteiger partial charge is 0.140 e. The van der Waals surface area contributed by atoms with Crippen molar-refractivity contribution in [3.8, 4) is 11.4 Å². The third kappa shape index (κ3) is 2.78. The summed E-state index contributed by atoms with van der Waals surface area (Å²) in [6.45, 7) is 0. The van der Waals surface area contributed by atoms with Gasteiger partial charge < -0.3 is 9.67 Å². The molecule has 106 valence electrons. The maximum atomic E-state index is 10.5. The molecule has 3 heteroatoms. The molecule has 3 rings (SSSR count). The lowest BCUT2D eigenvalue weighted by molar-refractivity contribution is 0.0894. The van der Waals surface area contributed by atoms with Crippen LogP contribution >= 0.6 is 0 Å². The van der Waals surface area contributed by atoms with Crippen LogP contribution < -0.4 is 0 Å². The van der Waals surface area contributed by atoms with Crippen molar-refractivity contribution < 1.29 is 5.11 Å². The lowest BCUT2D eigenvalue weighted by Gasteiger charge is -2.28. The summed E-state index contributed by atoms with van der Waals surface area (Å²) < 4.78 is 2.17. The van der Waals surface area contributed by atoms with E-state index < -0.39 is 0 Å². The number of aliphatic hydroxyl groups excluding tert-OH is 1. The first-order valence-electron chi connectivity index (χ1n) is 7.62.